The molecule has 0 radical (unpaired) electrons. The van der Waals surface area contributed by atoms with E-state index in [1.807, 2.05) is 12.5 Å². The van der Waals surface area contributed by atoms with Gasteiger partial charge in [-0.25, -0.2) is 4.98 Å². The third kappa shape index (κ3) is 2.49. The summed E-state index contributed by atoms with van der Waals surface area (Å²) >= 11 is 3.46. The van der Waals surface area contributed by atoms with Crippen molar-refractivity contribution in [2.75, 3.05) is 6.54 Å². The average Bonchev–Trinajstić information content (AvgIpc) is 3.02. The largest absolute Gasteiger partial charge is 0.329 e. The Hall–Kier alpha value is -1.13. The van der Waals surface area contributed by atoms with Crippen LogP contribution in [0.25, 0.3) is 0 Å². The number of hydrogen-bond donors (Lipinski definition) is 1. The number of benzene rings is 1. The van der Waals surface area contributed by atoms with Gasteiger partial charge in [-0.3, -0.25) is 0 Å². The van der Waals surface area contributed by atoms with Gasteiger partial charge in [0.2, 0.25) is 0 Å². The Bertz CT molecular complexity index is 512. The van der Waals surface area contributed by atoms with E-state index < -0.39 is 0 Å². The zero-order valence-electron chi connectivity index (χ0n) is 10.1. The first-order valence-electron chi connectivity index (χ1n) is 6.31. The van der Waals surface area contributed by atoms with Crippen molar-refractivity contribution in [3.05, 3.63) is 52.5 Å². The van der Waals surface area contributed by atoms with E-state index in [2.05, 4.69) is 55.1 Å². The Balaban J connectivity index is 1.80. The van der Waals surface area contributed by atoms with Crippen LogP contribution in [0.2, 0.25) is 0 Å². The highest BCUT2D eigenvalue weighted by molar-refractivity contribution is 9.10. The van der Waals surface area contributed by atoms with Crippen LogP contribution >= 0.6 is 15.9 Å². The first-order valence-corrected chi connectivity index (χ1v) is 7.10. The molecule has 4 heteroatoms. The van der Waals surface area contributed by atoms with Gasteiger partial charge in [0.15, 0.2) is 0 Å². The maximum absolute atomic E-state index is 4.29. The molecule has 1 aromatic carbocycles. The van der Waals surface area contributed by atoms with Crippen molar-refractivity contribution in [1.82, 2.24) is 14.9 Å². The third-order valence-electron chi connectivity index (χ3n) is 3.43. The number of aromatic nitrogens is 2. The van der Waals surface area contributed by atoms with Crippen molar-refractivity contribution in [1.29, 1.82) is 0 Å². The van der Waals surface area contributed by atoms with Crippen LogP contribution < -0.4 is 5.32 Å². The number of imidazole rings is 1. The molecule has 0 saturated carbocycles. The zero-order chi connectivity index (χ0) is 12.4. The van der Waals surface area contributed by atoms with Crippen LogP contribution in [0.4, 0.5) is 0 Å². The monoisotopic (exact) mass is 305 g/mol. The summed E-state index contributed by atoms with van der Waals surface area (Å²) in [6.07, 6.45) is 6.39. The topological polar surface area (TPSA) is 29.9 Å². The summed E-state index contributed by atoms with van der Waals surface area (Å²) in [5.41, 5.74) is 2.60. The number of nitrogens with zero attached hydrogens (tertiary/aromatic N) is 2. The Kier molecular flexibility index (Phi) is 3.48. The lowest BCUT2D eigenvalue weighted by Crippen LogP contribution is -2.17. The Morgan fingerprint density at radius 2 is 2.17 bits per heavy atom. The van der Waals surface area contributed by atoms with Gasteiger partial charge in [-0.1, -0.05) is 28.1 Å². The van der Waals surface area contributed by atoms with Crippen molar-refractivity contribution in [2.45, 2.75) is 25.4 Å². The molecule has 1 aliphatic rings. The molecule has 1 aliphatic heterocycles. The molecule has 3 nitrogen and oxygen atoms in total. The van der Waals surface area contributed by atoms with E-state index in [0.29, 0.717) is 6.04 Å². The van der Waals surface area contributed by atoms with Gasteiger partial charge >= 0.3 is 0 Å². The highest BCUT2D eigenvalue weighted by Gasteiger charge is 2.19. The molecule has 0 spiro atoms. The van der Waals surface area contributed by atoms with E-state index in [4.69, 9.17) is 0 Å². The molecule has 0 bridgehead atoms. The number of halogens is 1. The molecule has 1 N–H and O–H groups in total. The van der Waals surface area contributed by atoms with Crippen LogP contribution in [0, 0.1) is 0 Å². The molecule has 1 saturated heterocycles. The predicted octanol–water partition coefficient (Wildman–Crippen LogP) is 3.12. The van der Waals surface area contributed by atoms with Crippen LogP contribution in [0.15, 0.2) is 41.3 Å². The molecular formula is C14H16BrN3. The van der Waals surface area contributed by atoms with Crippen LogP contribution in [0.5, 0.6) is 0 Å². The lowest BCUT2D eigenvalue weighted by Gasteiger charge is -2.14. The minimum atomic E-state index is 0.475. The van der Waals surface area contributed by atoms with Crippen molar-refractivity contribution < 1.29 is 0 Å². The molecule has 1 unspecified atom stereocenters. The standard InChI is InChI=1S/C14H16BrN3/c15-12-5-3-11(4-6-12)9-18-10-16-8-14(18)13-2-1-7-17-13/h3-6,8,10,13,17H,1-2,7,9H2. The first kappa shape index (κ1) is 11.9. The number of hydrogen-bond acceptors (Lipinski definition) is 2. The van der Waals surface area contributed by atoms with E-state index in [-0.39, 0.29) is 0 Å². The van der Waals surface area contributed by atoms with Crippen molar-refractivity contribution >= 4 is 15.9 Å². The average molecular weight is 306 g/mol. The maximum Gasteiger partial charge on any atom is 0.0951 e. The number of nitrogens with one attached hydrogen (secondary N) is 1. The lowest BCUT2D eigenvalue weighted by atomic mass is 10.1. The first-order chi connectivity index (χ1) is 8.83. The van der Waals surface area contributed by atoms with Gasteiger partial charge < -0.3 is 9.88 Å². The summed E-state index contributed by atoms with van der Waals surface area (Å²) in [7, 11) is 0. The molecule has 1 fully saturated rings. The van der Waals surface area contributed by atoms with Crippen molar-refractivity contribution in [3.8, 4) is 0 Å². The van der Waals surface area contributed by atoms with Crippen LogP contribution in [-0.4, -0.2) is 16.1 Å². The molecule has 18 heavy (non-hydrogen) atoms. The normalized spacial score (nSPS) is 19.3. The fourth-order valence-corrected chi connectivity index (χ4v) is 2.74. The van der Waals surface area contributed by atoms with Crippen molar-refractivity contribution in [2.24, 2.45) is 0 Å². The van der Waals surface area contributed by atoms with Crippen LogP contribution in [-0.2, 0) is 6.54 Å². The van der Waals surface area contributed by atoms with Gasteiger partial charge in [0.25, 0.3) is 0 Å². The lowest BCUT2D eigenvalue weighted by molar-refractivity contribution is 0.584. The number of rotatable bonds is 3. The Labute approximate surface area is 115 Å². The van der Waals surface area contributed by atoms with Gasteiger partial charge in [-0.2, -0.15) is 0 Å². The minimum Gasteiger partial charge on any atom is -0.329 e. The zero-order valence-corrected chi connectivity index (χ0v) is 11.7. The Morgan fingerprint density at radius 1 is 1.33 bits per heavy atom. The highest BCUT2D eigenvalue weighted by atomic mass is 79.9. The summed E-state index contributed by atoms with van der Waals surface area (Å²) in [6, 6.07) is 8.94. The predicted molar refractivity (Wildman–Crippen MR) is 75.4 cm³/mol. The molecule has 1 aromatic heterocycles. The quantitative estimate of drug-likeness (QED) is 0.944. The molecule has 0 amide bonds. The fourth-order valence-electron chi connectivity index (χ4n) is 2.48. The summed E-state index contributed by atoms with van der Waals surface area (Å²) in [6.45, 7) is 2.01. The Morgan fingerprint density at radius 3 is 2.89 bits per heavy atom. The van der Waals surface area contributed by atoms with Gasteiger partial charge in [-0.05, 0) is 37.1 Å². The van der Waals surface area contributed by atoms with E-state index >= 15 is 0 Å². The van der Waals surface area contributed by atoms with Crippen LogP contribution in [0.3, 0.4) is 0 Å². The van der Waals surface area contributed by atoms with E-state index in [0.717, 1.165) is 17.6 Å². The van der Waals surface area contributed by atoms with Crippen molar-refractivity contribution in [3.63, 3.8) is 0 Å². The maximum atomic E-state index is 4.29. The molecular weight excluding hydrogens is 290 g/mol. The molecule has 3 rings (SSSR count). The fraction of sp³-hybridized carbons (Fsp3) is 0.357. The van der Waals surface area contributed by atoms with E-state index in [1.54, 1.807) is 0 Å². The summed E-state index contributed by atoms with van der Waals surface area (Å²) in [5, 5.41) is 3.53. The summed E-state index contributed by atoms with van der Waals surface area (Å²) in [4.78, 5) is 4.29. The van der Waals surface area contributed by atoms with Crippen LogP contribution in [0.1, 0.15) is 30.1 Å². The van der Waals surface area contributed by atoms with Gasteiger partial charge in [-0.15, -0.1) is 0 Å². The second kappa shape index (κ2) is 5.24. The smallest absolute Gasteiger partial charge is 0.0951 e. The molecule has 2 heterocycles. The van der Waals surface area contributed by atoms with Gasteiger partial charge in [0.05, 0.1) is 12.0 Å². The van der Waals surface area contributed by atoms with E-state index in [1.165, 1.54) is 24.1 Å². The molecule has 2 aromatic rings. The minimum absolute atomic E-state index is 0.475. The second-order valence-corrected chi connectivity index (χ2v) is 5.64. The molecule has 1 atom stereocenters. The highest BCUT2D eigenvalue weighted by Crippen LogP contribution is 2.23. The summed E-state index contributed by atoms with van der Waals surface area (Å²) < 4.78 is 3.36. The second-order valence-electron chi connectivity index (χ2n) is 4.72. The SMILES string of the molecule is Brc1ccc(Cn2cncc2C2CCCN2)cc1. The van der Waals surface area contributed by atoms with Gasteiger partial charge in [0, 0.05) is 23.3 Å². The van der Waals surface area contributed by atoms with Gasteiger partial charge in [0.1, 0.15) is 0 Å². The molecule has 94 valence electrons. The molecule has 0 aliphatic carbocycles. The van der Waals surface area contributed by atoms with E-state index in [9.17, 15) is 0 Å². The third-order valence-corrected chi connectivity index (χ3v) is 3.96. The summed E-state index contributed by atoms with van der Waals surface area (Å²) in [5.74, 6) is 0.